The molecule has 3 aromatic heterocycles. The summed E-state index contributed by atoms with van der Waals surface area (Å²) in [5.41, 5.74) is 2.87. The topological polar surface area (TPSA) is 129 Å². The normalized spacial score (nSPS) is 19.1. The molecule has 0 saturated carbocycles. The number of hydrogen-bond donors (Lipinski definition) is 2. The van der Waals surface area contributed by atoms with Crippen LogP contribution in [0.2, 0.25) is 0 Å². The van der Waals surface area contributed by atoms with Crippen molar-refractivity contribution in [1.82, 2.24) is 34.5 Å². The lowest BCUT2D eigenvalue weighted by molar-refractivity contribution is 0.102. The quantitative estimate of drug-likeness (QED) is 0.576. The first kappa shape index (κ1) is 22.6. The van der Waals surface area contributed by atoms with Crippen LogP contribution in [0.15, 0.2) is 30.5 Å². The van der Waals surface area contributed by atoms with Gasteiger partial charge in [0.2, 0.25) is 0 Å². The number of aliphatic hydroxyl groups is 1. The summed E-state index contributed by atoms with van der Waals surface area (Å²) in [6.07, 6.45) is 5.67. The van der Waals surface area contributed by atoms with Crippen molar-refractivity contribution < 1.29 is 14.7 Å². The van der Waals surface area contributed by atoms with E-state index in [1.165, 1.54) is 0 Å². The first-order valence-corrected chi connectivity index (χ1v) is 12.5. The van der Waals surface area contributed by atoms with Crippen LogP contribution in [0.1, 0.15) is 46.7 Å². The number of aliphatic hydroxyl groups excluding tert-OH is 1. The monoisotopic (exact) mass is 488 g/mol. The highest BCUT2D eigenvalue weighted by Gasteiger charge is 2.30. The average molecular weight is 489 g/mol. The highest BCUT2D eigenvalue weighted by atomic mass is 16.3. The third-order valence-electron chi connectivity index (χ3n) is 7.11. The number of nitrogens with one attached hydrogen (secondary N) is 1. The number of aromatic nitrogens is 5. The van der Waals surface area contributed by atoms with E-state index in [1.807, 2.05) is 12.1 Å². The Morgan fingerprint density at radius 2 is 1.94 bits per heavy atom. The van der Waals surface area contributed by atoms with Crippen LogP contribution in [0, 0.1) is 0 Å². The number of carbonyl (C=O) groups excluding carboxylic acids is 2. The second-order valence-electron chi connectivity index (χ2n) is 9.59. The Hall–Kier alpha value is -3.86. The molecule has 3 aromatic rings. The van der Waals surface area contributed by atoms with Gasteiger partial charge < -0.3 is 24.8 Å². The van der Waals surface area contributed by atoms with Crippen LogP contribution < -0.4 is 5.32 Å². The molecule has 0 spiro atoms. The largest absolute Gasteiger partial charge is 0.391 e. The maximum Gasteiger partial charge on any atom is 0.320 e. The molecular formula is C25H28N8O3. The summed E-state index contributed by atoms with van der Waals surface area (Å²) in [5.74, 6) is 1.73. The molecule has 11 heteroatoms. The van der Waals surface area contributed by atoms with Crippen LogP contribution in [0.5, 0.6) is 0 Å². The fourth-order valence-electron chi connectivity index (χ4n) is 5.15. The van der Waals surface area contributed by atoms with Crippen LogP contribution in [-0.4, -0.2) is 77.3 Å². The predicted octanol–water partition coefficient (Wildman–Crippen LogP) is 1.87. The van der Waals surface area contributed by atoms with E-state index >= 15 is 0 Å². The van der Waals surface area contributed by atoms with Gasteiger partial charge in [-0.05, 0) is 55.0 Å². The Labute approximate surface area is 208 Å². The number of β-amino-alcohol motifs (C(OH)–C–C–N with tert-alkyl or cyclic N) is 1. The maximum absolute atomic E-state index is 13.0. The lowest BCUT2D eigenvalue weighted by Crippen LogP contribution is -2.44. The standard InChI is InChI=1S/C25H28N8O3/c34-18-8-11-32(15-18)25(36)31-10-7-16-13-26-20(12-17(16)14-31)24(35)28-21-5-3-4-19(27-21)23-30-29-22-6-1-2-9-33(22)23/h3-5,12-13,18,34H,1-2,6-11,14-15H2,(H,27,28,35)/t18-/m1/s1. The van der Waals surface area contributed by atoms with Crippen molar-refractivity contribution >= 4 is 17.8 Å². The summed E-state index contributed by atoms with van der Waals surface area (Å²) in [6, 6.07) is 7.11. The van der Waals surface area contributed by atoms with Crippen LogP contribution in [0.3, 0.4) is 0 Å². The second kappa shape index (κ2) is 9.30. The minimum atomic E-state index is -0.451. The molecular weight excluding hydrogens is 460 g/mol. The van der Waals surface area contributed by atoms with E-state index in [1.54, 1.807) is 28.1 Å². The van der Waals surface area contributed by atoms with Gasteiger partial charge in [-0.25, -0.2) is 9.78 Å². The summed E-state index contributed by atoms with van der Waals surface area (Å²) < 4.78 is 2.10. The molecule has 2 N–H and O–H groups in total. The molecule has 0 radical (unpaired) electrons. The first-order valence-electron chi connectivity index (χ1n) is 12.5. The Morgan fingerprint density at radius 3 is 2.81 bits per heavy atom. The fraction of sp³-hybridized carbons (Fsp3) is 0.440. The number of likely N-dealkylation sites (tertiary alicyclic amines) is 1. The average Bonchev–Trinajstić information content (AvgIpc) is 3.54. The zero-order chi connectivity index (χ0) is 24.6. The zero-order valence-corrected chi connectivity index (χ0v) is 19.9. The molecule has 3 aliphatic heterocycles. The first-order chi connectivity index (χ1) is 17.5. The molecule has 0 bridgehead atoms. The number of aryl methyl sites for hydroxylation is 1. The predicted molar refractivity (Wildman–Crippen MR) is 130 cm³/mol. The van der Waals surface area contributed by atoms with Gasteiger partial charge in [-0.15, -0.1) is 10.2 Å². The minimum Gasteiger partial charge on any atom is -0.391 e. The van der Waals surface area contributed by atoms with Gasteiger partial charge in [-0.3, -0.25) is 9.78 Å². The highest BCUT2D eigenvalue weighted by Crippen LogP contribution is 2.24. The van der Waals surface area contributed by atoms with Gasteiger partial charge in [0.1, 0.15) is 23.0 Å². The Balaban J connectivity index is 1.17. The van der Waals surface area contributed by atoms with E-state index in [-0.39, 0.29) is 17.6 Å². The number of urea groups is 1. The number of anilines is 1. The van der Waals surface area contributed by atoms with Crippen molar-refractivity contribution in [2.24, 2.45) is 0 Å². The third kappa shape index (κ3) is 4.30. The number of pyridine rings is 2. The van der Waals surface area contributed by atoms with Gasteiger partial charge in [0.05, 0.1) is 6.10 Å². The summed E-state index contributed by atoms with van der Waals surface area (Å²) in [7, 11) is 0. The summed E-state index contributed by atoms with van der Waals surface area (Å²) in [6.45, 7) is 2.81. The van der Waals surface area contributed by atoms with Crippen molar-refractivity contribution in [2.45, 2.75) is 51.3 Å². The molecule has 1 fully saturated rings. The molecule has 0 unspecified atom stereocenters. The molecule has 0 aliphatic carbocycles. The molecule has 3 amide bonds. The second-order valence-corrected chi connectivity index (χ2v) is 9.59. The van der Waals surface area contributed by atoms with E-state index in [0.717, 1.165) is 42.8 Å². The van der Waals surface area contributed by atoms with Crippen LogP contribution >= 0.6 is 0 Å². The molecule has 1 saturated heterocycles. The number of rotatable bonds is 3. The minimum absolute atomic E-state index is 0.0725. The van der Waals surface area contributed by atoms with E-state index in [2.05, 4.69) is 30.0 Å². The van der Waals surface area contributed by atoms with Crippen molar-refractivity contribution in [3.05, 3.63) is 53.1 Å². The van der Waals surface area contributed by atoms with Gasteiger partial charge in [-0.1, -0.05) is 6.07 Å². The molecule has 0 aromatic carbocycles. The van der Waals surface area contributed by atoms with Gasteiger partial charge in [0.25, 0.3) is 5.91 Å². The third-order valence-corrected chi connectivity index (χ3v) is 7.11. The maximum atomic E-state index is 13.0. The van der Waals surface area contributed by atoms with Gasteiger partial charge in [0, 0.05) is 45.3 Å². The molecule has 6 heterocycles. The Bertz CT molecular complexity index is 1320. The fourth-order valence-corrected chi connectivity index (χ4v) is 5.15. The summed E-state index contributed by atoms with van der Waals surface area (Å²) >= 11 is 0. The van der Waals surface area contributed by atoms with Gasteiger partial charge >= 0.3 is 6.03 Å². The smallest absolute Gasteiger partial charge is 0.320 e. The van der Waals surface area contributed by atoms with Crippen LogP contribution in [0.25, 0.3) is 11.5 Å². The molecule has 11 nitrogen and oxygen atoms in total. The van der Waals surface area contributed by atoms with E-state index in [0.29, 0.717) is 56.4 Å². The van der Waals surface area contributed by atoms with Crippen LogP contribution in [-0.2, 0) is 25.9 Å². The Morgan fingerprint density at radius 1 is 1.03 bits per heavy atom. The number of amides is 3. The zero-order valence-electron chi connectivity index (χ0n) is 19.9. The number of fused-ring (bicyclic) bond motifs is 2. The number of carbonyl (C=O) groups is 2. The molecule has 1 atom stereocenters. The highest BCUT2D eigenvalue weighted by molar-refractivity contribution is 6.02. The molecule has 3 aliphatic rings. The van der Waals surface area contributed by atoms with E-state index < -0.39 is 6.10 Å². The molecule has 186 valence electrons. The lowest BCUT2D eigenvalue weighted by atomic mass is 10.0. The van der Waals surface area contributed by atoms with Crippen LogP contribution in [0.4, 0.5) is 10.6 Å². The van der Waals surface area contributed by atoms with E-state index in [9.17, 15) is 14.7 Å². The number of hydrogen-bond acceptors (Lipinski definition) is 7. The van der Waals surface area contributed by atoms with Gasteiger partial charge in [-0.2, -0.15) is 0 Å². The van der Waals surface area contributed by atoms with E-state index in [4.69, 9.17) is 0 Å². The number of nitrogens with zero attached hydrogens (tertiary/aromatic N) is 7. The summed E-state index contributed by atoms with van der Waals surface area (Å²) in [5, 5.41) is 21.2. The lowest BCUT2D eigenvalue weighted by Gasteiger charge is -2.32. The van der Waals surface area contributed by atoms with Crippen molar-refractivity contribution in [3.8, 4) is 11.5 Å². The Kier molecular flexibility index (Phi) is 5.84. The van der Waals surface area contributed by atoms with Gasteiger partial charge in [0.15, 0.2) is 5.82 Å². The SMILES string of the molecule is O=C(Nc1cccc(-c2nnc3n2CCCC3)n1)c1cc2c(cn1)CCN(C(=O)N1CC[C@@H](O)C1)C2. The van der Waals surface area contributed by atoms with Crippen molar-refractivity contribution in [1.29, 1.82) is 0 Å². The molecule has 6 rings (SSSR count). The van der Waals surface area contributed by atoms with Crippen molar-refractivity contribution in [2.75, 3.05) is 25.0 Å². The molecule has 36 heavy (non-hydrogen) atoms. The summed E-state index contributed by atoms with van der Waals surface area (Å²) in [4.78, 5) is 38.3. The van der Waals surface area contributed by atoms with Crippen molar-refractivity contribution in [3.63, 3.8) is 0 Å².